The topological polar surface area (TPSA) is 68.9 Å². The van der Waals surface area contributed by atoms with Gasteiger partial charge >= 0.3 is 0 Å². The second kappa shape index (κ2) is 9.91. The molecule has 0 aliphatic carbocycles. The van der Waals surface area contributed by atoms with Gasteiger partial charge in [-0.1, -0.05) is 19.4 Å². The van der Waals surface area contributed by atoms with E-state index in [1.54, 1.807) is 14.2 Å². The molecule has 21 heavy (non-hydrogen) atoms. The molecule has 5 heteroatoms. The highest BCUT2D eigenvalue weighted by Gasteiger charge is 2.04. The molecule has 3 N–H and O–H groups in total. The Morgan fingerprint density at radius 1 is 1.19 bits per heavy atom. The summed E-state index contributed by atoms with van der Waals surface area (Å²) in [5.74, 6) is 2.05. The third-order valence-corrected chi connectivity index (χ3v) is 3.19. The van der Waals surface area contributed by atoms with Gasteiger partial charge in [-0.2, -0.15) is 0 Å². The molecular formula is C16H27N3O2. The second-order valence-corrected chi connectivity index (χ2v) is 4.84. The van der Waals surface area contributed by atoms with Crippen molar-refractivity contribution in [1.82, 2.24) is 5.32 Å². The number of rotatable bonds is 9. The van der Waals surface area contributed by atoms with Crippen molar-refractivity contribution >= 4 is 5.96 Å². The van der Waals surface area contributed by atoms with Gasteiger partial charge in [0.25, 0.3) is 0 Å². The lowest BCUT2D eigenvalue weighted by Gasteiger charge is -2.09. The first-order valence-electron chi connectivity index (χ1n) is 7.46. The zero-order chi connectivity index (χ0) is 15.5. The van der Waals surface area contributed by atoms with Crippen LogP contribution < -0.4 is 20.5 Å². The molecule has 0 aliphatic heterocycles. The van der Waals surface area contributed by atoms with Gasteiger partial charge in [-0.05, 0) is 37.0 Å². The van der Waals surface area contributed by atoms with E-state index in [9.17, 15) is 0 Å². The number of hydrogen-bond donors (Lipinski definition) is 2. The van der Waals surface area contributed by atoms with Crippen LogP contribution in [0.25, 0.3) is 0 Å². The number of unbranched alkanes of at least 4 members (excludes halogenated alkanes) is 1. The molecule has 0 saturated heterocycles. The number of benzene rings is 1. The fourth-order valence-corrected chi connectivity index (χ4v) is 1.97. The highest BCUT2D eigenvalue weighted by molar-refractivity contribution is 5.77. The number of ether oxygens (including phenoxy) is 2. The minimum absolute atomic E-state index is 0.538. The summed E-state index contributed by atoms with van der Waals surface area (Å²) in [7, 11) is 3.29. The first-order chi connectivity index (χ1) is 10.2. The third-order valence-electron chi connectivity index (χ3n) is 3.19. The molecular weight excluding hydrogens is 266 g/mol. The van der Waals surface area contributed by atoms with E-state index in [4.69, 9.17) is 15.2 Å². The molecule has 0 radical (unpaired) electrons. The molecule has 0 aromatic heterocycles. The minimum atomic E-state index is 0.538. The van der Waals surface area contributed by atoms with Crippen molar-refractivity contribution in [3.05, 3.63) is 23.8 Å². The summed E-state index contributed by atoms with van der Waals surface area (Å²) in [6, 6.07) is 5.98. The predicted molar refractivity (Wildman–Crippen MR) is 87.3 cm³/mol. The van der Waals surface area contributed by atoms with Crippen LogP contribution in [0.15, 0.2) is 23.2 Å². The molecule has 0 saturated carbocycles. The average molecular weight is 293 g/mol. The summed E-state index contributed by atoms with van der Waals surface area (Å²) in [4.78, 5) is 4.31. The largest absolute Gasteiger partial charge is 0.493 e. The SMILES string of the molecule is CCCCNC(N)=NCCCc1ccc(OC)c(OC)c1. The number of aryl methyl sites for hydroxylation is 1. The van der Waals surface area contributed by atoms with Crippen LogP contribution in [0.3, 0.4) is 0 Å². The molecule has 1 rings (SSSR count). The van der Waals surface area contributed by atoms with Crippen molar-refractivity contribution in [2.45, 2.75) is 32.6 Å². The molecule has 0 fully saturated rings. The zero-order valence-electron chi connectivity index (χ0n) is 13.3. The van der Waals surface area contributed by atoms with Gasteiger partial charge in [0.2, 0.25) is 0 Å². The summed E-state index contributed by atoms with van der Waals surface area (Å²) in [5, 5.41) is 3.11. The van der Waals surface area contributed by atoms with Gasteiger partial charge < -0.3 is 20.5 Å². The molecule has 118 valence electrons. The summed E-state index contributed by atoms with van der Waals surface area (Å²) in [5.41, 5.74) is 6.99. The van der Waals surface area contributed by atoms with Crippen molar-refractivity contribution in [2.24, 2.45) is 10.7 Å². The van der Waals surface area contributed by atoms with Crippen LogP contribution in [-0.4, -0.2) is 33.3 Å². The van der Waals surface area contributed by atoms with Crippen LogP contribution >= 0.6 is 0 Å². The zero-order valence-corrected chi connectivity index (χ0v) is 13.3. The number of guanidine groups is 1. The van der Waals surface area contributed by atoms with E-state index in [0.717, 1.165) is 50.3 Å². The molecule has 0 bridgehead atoms. The summed E-state index contributed by atoms with van der Waals surface area (Å²) >= 11 is 0. The maximum Gasteiger partial charge on any atom is 0.188 e. The number of aliphatic imine (C=N–C) groups is 1. The average Bonchev–Trinajstić information content (AvgIpc) is 2.51. The summed E-state index contributed by atoms with van der Waals surface area (Å²) in [6.45, 7) is 3.76. The quantitative estimate of drug-likeness (QED) is 0.416. The lowest BCUT2D eigenvalue weighted by Crippen LogP contribution is -2.32. The number of nitrogens with one attached hydrogen (secondary N) is 1. The lowest BCUT2D eigenvalue weighted by atomic mass is 10.1. The van der Waals surface area contributed by atoms with Crippen molar-refractivity contribution in [2.75, 3.05) is 27.3 Å². The lowest BCUT2D eigenvalue weighted by molar-refractivity contribution is 0.354. The van der Waals surface area contributed by atoms with E-state index >= 15 is 0 Å². The molecule has 0 heterocycles. The smallest absolute Gasteiger partial charge is 0.188 e. The Kier molecular flexibility index (Phi) is 8.09. The van der Waals surface area contributed by atoms with Gasteiger partial charge in [-0.15, -0.1) is 0 Å². The Bertz CT molecular complexity index is 447. The maximum atomic E-state index is 5.78. The molecule has 1 aromatic rings. The Balaban J connectivity index is 2.37. The number of methoxy groups -OCH3 is 2. The first kappa shape index (κ1) is 17.1. The Morgan fingerprint density at radius 2 is 1.95 bits per heavy atom. The van der Waals surface area contributed by atoms with Crippen LogP contribution in [0.4, 0.5) is 0 Å². The molecule has 0 aliphatic rings. The van der Waals surface area contributed by atoms with Gasteiger partial charge in [0.15, 0.2) is 17.5 Å². The van der Waals surface area contributed by atoms with Gasteiger partial charge in [0, 0.05) is 13.1 Å². The highest BCUT2D eigenvalue weighted by atomic mass is 16.5. The van der Waals surface area contributed by atoms with E-state index in [-0.39, 0.29) is 0 Å². The van der Waals surface area contributed by atoms with Gasteiger partial charge in [0.1, 0.15) is 0 Å². The summed E-state index contributed by atoms with van der Waals surface area (Å²) < 4.78 is 10.5. The Hall–Kier alpha value is -1.91. The van der Waals surface area contributed by atoms with Crippen molar-refractivity contribution in [3.8, 4) is 11.5 Å². The molecule has 0 spiro atoms. The molecule has 0 unspecified atom stereocenters. The van der Waals surface area contributed by atoms with Gasteiger partial charge in [-0.25, -0.2) is 0 Å². The van der Waals surface area contributed by atoms with E-state index in [2.05, 4.69) is 17.2 Å². The van der Waals surface area contributed by atoms with E-state index in [0.29, 0.717) is 5.96 Å². The molecule has 0 amide bonds. The van der Waals surface area contributed by atoms with Crippen molar-refractivity contribution in [3.63, 3.8) is 0 Å². The van der Waals surface area contributed by atoms with Crippen LogP contribution in [0.1, 0.15) is 31.7 Å². The molecule has 0 atom stereocenters. The first-order valence-corrected chi connectivity index (χ1v) is 7.46. The predicted octanol–water partition coefficient (Wildman–Crippen LogP) is 2.34. The highest BCUT2D eigenvalue weighted by Crippen LogP contribution is 2.27. The molecule has 5 nitrogen and oxygen atoms in total. The fraction of sp³-hybridized carbons (Fsp3) is 0.562. The normalized spacial score (nSPS) is 11.3. The number of hydrogen-bond acceptors (Lipinski definition) is 3. The van der Waals surface area contributed by atoms with E-state index < -0.39 is 0 Å². The van der Waals surface area contributed by atoms with Gasteiger partial charge in [-0.3, -0.25) is 4.99 Å². The van der Waals surface area contributed by atoms with E-state index in [1.165, 1.54) is 5.56 Å². The van der Waals surface area contributed by atoms with Crippen LogP contribution in [0.5, 0.6) is 11.5 Å². The second-order valence-electron chi connectivity index (χ2n) is 4.84. The Morgan fingerprint density at radius 3 is 2.62 bits per heavy atom. The van der Waals surface area contributed by atoms with Crippen LogP contribution in [0, 0.1) is 0 Å². The third kappa shape index (κ3) is 6.38. The summed E-state index contributed by atoms with van der Waals surface area (Å²) in [6.07, 6.45) is 4.15. The van der Waals surface area contributed by atoms with Crippen molar-refractivity contribution < 1.29 is 9.47 Å². The standard InChI is InChI=1S/C16H27N3O2/c1-4-5-10-18-16(17)19-11-6-7-13-8-9-14(20-2)15(12-13)21-3/h8-9,12H,4-7,10-11H2,1-3H3,(H3,17,18,19). The van der Waals surface area contributed by atoms with Crippen molar-refractivity contribution in [1.29, 1.82) is 0 Å². The monoisotopic (exact) mass is 293 g/mol. The number of nitrogens with zero attached hydrogens (tertiary/aromatic N) is 1. The van der Waals surface area contributed by atoms with Crippen LogP contribution in [-0.2, 0) is 6.42 Å². The fourth-order valence-electron chi connectivity index (χ4n) is 1.97. The Labute approximate surface area is 127 Å². The van der Waals surface area contributed by atoms with E-state index in [1.807, 2.05) is 18.2 Å². The van der Waals surface area contributed by atoms with Gasteiger partial charge in [0.05, 0.1) is 14.2 Å². The maximum absolute atomic E-state index is 5.78. The molecule has 1 aromatic carbocycles. The minimum Gasteiger partial charge on any atom is -0.493 e. The van der Waals surface area contributed by atoms with Crippen LogP contribution in [0.2, 0.25) is 0 Å². The number of nitrogens with two attached hydrogens (primary N) is 1.